The number of pyridine rings is 1. The molecule has 2 aromatic carbocycles. The summed E-state index contributed by atoms with van der Waals surface area (Å²) in [6.45, 7) is 1.81. The standard InChI is InChI=1S/C21H21N3O4S2/c1-15(29-19-9-7-18(28-2)8-10-19)21(25)23-16-5-11-20(12-6-16)30(26,27)24-17-4-3-13-22-14-17/h3-15,24H,1-2H3,(H,23,25). The van der Waals surface area contributed by atoms with E-state index in [-0.39, 0.29) is 16.1 Å². The largest absolute Gasteiger partial charge is 0.497 e. The molecule has 1 amide bonds. The molecule has 0 aliphatic carbocycles. The quantitative estimate of drug-likeness (QED) is 0.511. The van der Waals surface area contributed by atoms with E-state index < -0.39 is 10.0 Å². The second-order valence-corrected chi connectivity index (χ2v) is 9.39. The van der Waals surface area contributed by atoms with E-state index in [0.717, 1.165) is 10.6 Å². The molecule has 9 heteroatoms. The Morgan fingerprint density at radius 2 is 1.73 bits per heavy atom. The number of hydrogen-bond donors (Lipinski definition) is 2. The van der Waals surface area contributed by atoms with E-state index in [0.29, 0.717) is 11.4 Å². The van der Waals surface area contributed by atoms with Crippen LogP contribution in [0.5, 0.6) is 5.75 Å². The fourth-order valence-corrected chi connectivity index (χ4v) is 4.42. The lowest BCUT2D eigenvalue weighted by atomic mass is 10.3. The van der Waals surface area contributed by atoms with Crippen molar-refractivity contribution in [1.29, 1.82) is 0 Å². The van der Waals surface area contributed by atoms with E-state index in [1.54, 1.807) is 44.5 Å². The van der Waals surface area contributed by atoms with Crippen molar-refractivity contribution >= 4 is 39.1 Å². The summed E-state index contributed by atoms with van der Waals surface area (Å²) in [7, 11) is -2.14. The summed E-state index contributed by atoms with van der Waals surface area (Å²) in [5, 5.41) is 2.46. The molecule has 0 saturated heterocycles. The summed E-state index contributed by atoms with van der Waals surface area (Å²) < 4.78 is 32.5. The lowest BCUT2D eigenvalue weighted by molar-refractivity contribution is -0.115. The predicted molar refractivity (Wildman–Crippen MR) is 118 cm³/mol. The first kappa shape index (κ1) is 21.7. The summed E-state index contributed by atoms with van der Waals surface area (Å²) in [6, 6.07) is 16.7. The minimum absolute atomic E-state index is 0.0880. The molecule has 0 bridgehead atoms. The summed E-state index contributed by atoms with van der Waals surface area (Å²) in [6.07, 6.45) is 2.98. The summed E-state index contributed by atoms with van der Waals surface area (Å²) in [4.78, 5) is 17.4. The number of carbonyl (C=O) groups is 1. The van der Waals surface area contributed by atoms with E-state index in [4.69, 9.17) is 4.74 Å². The van der Waals surface area contributed by atoms with E-state index in [1.807, 2.05) is 24.3 Å². The number of rotatable bonds is 8. The fourth-order valence-electron chi connectivity index (χ4n) is 2.51. The van der Waals surface area contributed by atoms with Gasteiger partial charge in [-0.2, -0.15) is 0 Å². The highest BCUT2D eigenvalue weighted by molar-refractivity contribution is 8.00. The molecule has 0 aliphatic heterocycles. The first-order chi connectivity index (χ1) is 14.4. The lowest BCUT2D eigenvalue weighted by Crippen LogP contribution is -2.22. The number of benzene rings is 2. The third-order valence-corrected chi connectivity index (χ3v) is 6.60. The lowest BCUT2D eigenvalue weighted by Gasteiger charge is -2.13. The van der Waals surface area contributed by atoms with Crippen molar-refractivity contribution in [1.82, 2.24) is 4.98 Å². The van der Waals surface area contributed by atoms with Gasteiger partial charge in [0.05, 0.1) is 29.1 Å². The Morgan fingerprint density at radius 1 is 1.03 bits per heavy atom. The van der Waals surface area contributed by atoms with Crippen LogP contribution in [-0.2, 0) is 14.8 Å². The Bertz CT molecular complexity index is 1090. The molecule has 2 N–H and O–H groups in total. The van der Waals surface area contributed by atoms with Crippen LogP contribution >= 0.6 is 11.8 Å². The monoisotopic (exact) mass is 443 g/mol. The van der Waals surface area contributed by atoms with Crippen LogP contribution in [0.2, 0.25) is 0 Å². The van der Waals surface area contributed by atoms with Gasteiger partial charge in [-0.1, -0.05) is 0 Å². The molecule has 1 heterocycles. The zero-order valence-electron chi connectivity index (χ0n) is 16.4. The van der Waals surface area contributed by atoms with E-state index in [2.05, 4.69) is 15.0 Å². The number of sulfonamides is 1. The van der Waals surface area contributed by atoms with E-state index in [9.17, 15) is 13.2 Å². The zero-order chi connectivity index (χ0) is 21.6. The van der Waals surface area contributed by atoms with Crippen molar-refractivity contribution < 1.29 is 17.9 Å². The van der Waals surface area contributed by atoms with E-state index >= 15 is 0 Å². The molecule has 0 fully saturated rings. The van der Waals surface area contributed by atoms with Gasteiger partial charge in [-0.25, -0.2) is 8.42 Å². The van der Waals surface area contributed by atoms with Crippen molar-refractivity contribution in [3.05, 3.63) is 73.1 Å². The number of nitrogens with zero attached hydrogens (tertiary/aromatic N) is 1. The van der Waals surface area contributed by atoms with Crippen LogP contribution < -0.4 is 14.8 Å². The number of amides is 1. The first-order valence-corrected chi connectivity index (χ1v) is 11.4. The Morgan fingerprint density at radius 3 is 2.33 bits per heavy atom. The molecule has 1 aromatic heterocycles. The summed E-state index contributed by atoms with van der Waals surface area (Å²) in [5.74, 6) is 0.574. The molecule has 0 spiro atoms. The van der Waals surface area contributed by atoms with Gasteiger partial charge in [0.25, 0.3) is 10.0 Å². The molecule has 0 radical (unpaired) electrons. The van der Waals surface area contributed by atoms with Crippen LogP contribution in [0, 0.1) is 0 Å². The second kappa shape index (κ2) is 9.64. The van der Waals surface area contributed by atoms with Crippen LogP contribution in [-0.4, -0.2) is 31.7 Å². The van der Waals surface area contributed by atoms with Gasteiger partial charge in [0.1, 0.15) is 5.75 Å². The molecule has 30 heavy (non-hydrogen) atoms. The highest BCUT2D eigenvalue weighted by Crippen LogP contribution is 2.26. The average molecular weight is 444 g/mol. The average Bonchev–Trinajstić information content (AvgIpc) is 2.75. The minimum Gasteiger partial charge on any atom is -0.497 e. The van der Waals surface area contributed by atoms with Gasteiger partial charge in [0, 0.05) is 16.8 Å². The Labute approximate surface area is 179 Å². The summed E-state index contributed by atoms with van der Waals surface area (Å²) in [5.41, 5.74) is 0.891. The van der Waals surface area contributed by atoms with Gasteiger partial charge in [0.15, 0.2) is 0 Å². The van der Waals surface area contributed by atoms with Crippen LogP contribution in [0.1, 0.15) is 6.92 Å². The van der Waals surface area contributed by atoms with E-state index in [1.165, 1.54) is 30.1 Å². The zero-order valence-corrected chi connectivity index (χ0v) is 18.0. The number of aromatic nitrogens is 1. The van der Waals surface area contributed by atoms with Crippen molar-refractivity contribution in [2.24, 2.45) is 0 Å². The number of thioether (sulfide) groups is 1. The Hall–Kier alpha value is -3.04. The Balaban J connectivity index is 1.60. The van der Waals surface area contributed by atoms with Gasteiger partial charge in [-0.3, -0.25) is 14.5 Å². The minimum atomic E-state index is -3.74. The number of nitrogens with one attached hydrogen (secondary N) is 2. The topological polar surface area (TPSA) is 97.4 Å². The summed E-state index contributed by atoms with van der Waals surface area (Å²) >= 11 is 1.42. The maximum Gasteiger partial charge on any atom is 0.261 e. The van der Waals surface area contributed by atoms with Crippen LogP contribution in [0.4, 0.5) is 11.4 Å². The normalized spacial score (nSPS) is 12.1. The smallest absolute Gasteiger partial charge is 0.261 e. The van der Waals surface area contributed by atoms with Crippen molar-refractivity contribution in [2.75, 3.05) is 17.1 Å². The SMILES string of the molecule is COc1ccc(SC(C)C(=O)Nc2ccc(S(=O)(=O)Nc3cccnc3)cc2)cc1. The molecule has 0 aliphatic rings. The molecular weight excluding hydrogens is 422 g/mol. The molecule has 0 saturated carbocycles. The molecular formula is C21H21N3O4S2. The van der Waals surface area contributed by atoms with Crippen molar-refractivity contribution in [2.45, 2.75) is 22.0 Å². The van der Waals surface area contributed by atoms with Gasteiger partial charge in [-0.15, -0.1) is 11.8 Å². The number of methoxy groups -OCH3 is 1. The molecule has 1 atom stereocenters. The predicted octanol–water partition coefficient (Wildman–Crippen LogP) is 4.01. The number of hydrogen-bond acceptors (Lipinski definition) is 6. The molecule has 3 rings (SSSR count). The fraction of sp³-hybridized carbons (Fsp3) is 0.143. The first-order valence-electron chi connectivity index (χ1n) is 9.02. The Kier molecular flexibility index (Phi) is 6.96. The molecule has 156 valence electrons. The molecule has 3 aromatic rings. The van der Waals surface area contributed by atoms with Gasteiger partial charge in [0.2, 0.25) is 5.91 Å². The third-order valence-electron chi connectivity index (χ3n) is 4.09. The van der Waals surface area contributed by atoms with Crippen molar-refractivity contribution in [3.63, 3.8) is 0 Å². The third kappa shape index (κ3) is 5.74. The van der Waals surface area contributed by atoms with Crippen LogP contribution in [0.15, 0.2) is 82.8 Å². The maximum absolute atomic E-state index is 12.5. The van der Waals surface area contributed by atoms with Crippen LogP contribution in [0.3, 0.4) is 0 Å². The van der Waals surface area contributed by atoms with Gasteiger partial charge >= 0.3 is 0 Å². The van der Waals surface area contributed by atoms with Crippen LogP contribution in [0.25, 0.3) is 0 Å². The van der Waals surface area contributed by atoms with Gasteiger partial charge in [-0.05, 0) is 67.6 Å². The number of anilines is 2. The van der Waals surface area contributed by atoms with Gasteiger partial charge < -0.3 is 10.1 Å². The molecule has 1 unspecified atom stereocenters. The highest BCUT2D eigenvalue weighted by Gasteiger charge is 2.17. The second-order valence-electron chi connectivity index (χ2n) is 6.30. The van der Waals surface area contributed by atoms with Crippen molar-refractivity contribution in [3.8, 4) is 5.75 Å². The number of carbonyl (C=O) groups excluding carboxylic acids is 1. The molecule has 7 nitrogen and oxygen atoms in total. The maximum atomic E-state index is 12.5. The highest BCUT2D eigenvalue weighted by atomic mass is 32.2. The number of ether oxygens (including phenoxy) is 1.